The average Bonchev–Trinajstić information content (AvgIpc) is 2.48. The lowest BCUT2D eigenvalue weighted by Gasteiger charge is -2.20. The maximum absolute atomic E-state index is 12.5. The van der Waals surface area contributed by atoms with Crippen LogP contribution in [-0.2, 0) is 4.79 Å². The third-order valence-corrected chi connectivity index (χ3v) is 3.11. The van der Waals surface area contributed by atoms with E-state index in [-0.39, 0.29) is 11.7 Å². The Morgan fingerprint density at radius 1 is 0.952 bits per heavy atom. The molecule has 0 saturated heterocycles. The predicted molar refractivity (Wildman–Crippen MR) is 83.2 cm³/mol. The first kappa shape index (κ1) is 14.8. The van der Waals surface area contributed by atoms with Gasteiger partial charge in [-0.25, -0.2) is 0 Å². The van der Waals surface area contributed by atoms with Gasteiger partial charge < -0.3 is 10.6 Å². The molecule has 0 unspecified atom stereocenters. The largest absolute Gasteiger partial charge is 0.359 e. The summed E-state index contributed by atoms with van der Waals surface area (Å²) in [5, 5.41) is 5.75. The van der Waals surface area contributed by atoms with Gasteiger partial charge in [-0.1, -0.05) is 48.5 Å². The number of hydrogen-bond acceptors (Lipinski definition) is 3. The molecule has 0 saturated carbocycles. The molecule has 21 heavy (non-hydrogen) atoms. The number of anilines is 1. The highest BCUT2D eigenvalue weighted by Gasteiger charge is 2.21. The van der Waals surface area contributed by atoms with Crippen molar-refractivity contribution in [2.45, 2.75) is 20.0 Å². The molecule has 0 bridgehead atoms. The Bertz CT molecular complexity index is 638. The number of carbonyl (C=O) groups excluding carboxylic acids is 2. The first-order valence-electron chi connectivity index (χ1n) is 6.76. The maximum atomic E-state index is 12.5. The third-order valence-electron chi connectivity index (χ3n) is 3.11. The molecule has 0 aliphatic heterocycles. The van der Waals surface area contributed by atoms with Crippen LogP contribution in [0.1, 0.15) is 22.8 Å². The van der Waals surface area contributed by atoms with Crippen LogP contribution in [0.2, 0.25) is 0 Å². The third kappa shape index (κ3) is 3.92. The molecular weight excluding hydrogens is 264 g/mol. The number of rotatable bonds is 5. The second-order valence-corrected chi connectivity index (χ2v) is 4.82. The first-order valence-corrected chi connectivity index (χ1v) is 6.76. The molecule has 2 rings (SSSR count). The molecule has 0 fully saturated rings. The molecule has 0 heterocycles. The van der Waals surface area contributed by atoms with Gasteiger partial charge in [-0.2, -0.15) is 0 Å². The minimum Gasteiger partial charge on any atom is -0.359 e. The summed E-state index contributed by atoms with van der Waals surface area (Å²) in [6, 6.07) is 16.5. The summed E-state index contributed by atoms with van der Waals surface area (Å²) < 4.78 is 0. The van der Waals surface area contributed by atoms with Crippen molar-refractivity contribution in [3.63, 3.8) is 0 Å². The summed E-state index contributed by atoms with van der Waals surface area (Å²) >= 11 is 0. The summed E-state index contributed by atoms with van der Waals surface area (Å²) in [6.07, 6.45) is -0.786. The Labute approximate surface area is 124 Å². The predicted octanol–water partition coefficient (Wildman–Crippen LogP) is 2.75. The van der Waals surface area contributed by atoms with Crippen LogP contribution in [0, 0.1) is 6.92 Å². The molecule has 4 nitrogen and oxygen atoms in total. The molecular formula is C17H18N2O2. The summed E-state index contributed by atoms with van der Waals surface area (Å²) in [7, 11) is 0. The van der Waals surface area contributed by atoms with E-state index >= 15 is 0 Å². The van der Waals surface area contributed by atoms with Crippen molar-refractivity contribution in [2.75, 3.05) is 5.32 Å². The Balaban J connectivity index is 2.25. The van der Waals surface area contributed by atoms with Crippen molar-refractivity contribution in [3.05, 3.63) is 65.7 Å². The highest BCUT2D eigenvalue weighted by Crippen LogP contribution is 2.15. The van der Waals surface area contributed by atoms with Crippen molar-refractivity contribution in [1.82, 2.24) is 5.32 Å². The zero-order valence-electron chi connectivity index (χ0n) is 12.1. The zero-order valence-corrected chi connectivity index (χ0v) is 12.1. The molecule has 0 aliphatic carbocycles. The van der Waals surface area contributed by atoms with Gasteiger partial charge in [0, 0.05) is 18.2 Å². The van der Waals surface area contributed by atoms with Gasteiger partial charge in [0.15, 0.2) is 6.17 Å². The number of nitrogens with one attached hydrogen (secondary N) is 2. The van der Waals surface area contributed by atoms with Crippen molar-refractivity contribution in [3.8, 4) is 0 Å². The SMILES string of the molecule is CC(=O)N[C@H](Nc1ccccc1C)C(=O)c1ccccc1. The minimum atomic E-state index is -0.786. The fraction of sp³-hybridized carbons (Fsp3) is 0.176. The highest BCUT2D eigenvalue weighted by molar-refractivity contribution is 6.03. The summed E-state index contributed by atoms with van der Waals surface area (Å²) in [6.45, 7) is 3.34. The molecule has 2 N–H and O–H groups in total. The van der Waals surface area contributed by atoms with E-state index in [0.29, 0.717) is 5.56 Å². The number of carbonyl (C=O) groups is 2. The Morgan fingerprint density at radius 2 is 1.57 bits per heavy atom. The van der Waals surface area contributed by atoms with Crippen LogP contribution < -0.4 is 10.6 Å². The molecule has 1 amide bonds. The van der Waals surface area contributed by atoms with Crippen LogP contribution in [0.5, 0.6) is 0 Å². The van der Waals surface area contributed by atoms with Gasteiger partial charge in [0.05, 0.1) is 0 Å². The van der Waals surface area contributed by atoms with Gasteiger partial charge in [-0.05, 0) is 18.6 Å². The number of amides is 1. The Hall–Kier alpha value is -2.62. The van der Waals surface area contributed by atoms with Crippen molar-refractivity contribution in [1.29, 1.82) is 0 Å². The normalized spacial score (nSPS) is 11.5. The van der Waals surface area contributed by atoms with E-state index in [2.05, 4.69) is 10.6 Å². The van der Waals surface area contributed by atoms with Gasteiger partial charge in [-0.15, -0.1) is 0 Å². The van der Waals surface area contributed by atoms with Crippen LogP contribution >= 0.6 is 0 Å². The molecule has 2 aromatic rings. The summed E-state index contributed by atoms with van der Waals surface area (Å²) in [5.74, 6) is -0.431. The molecule has 0 spiro atoms. The number of aryl methyl sites for hydroxylation is 1. The second kappa shape index (κ2) is 6.70. The zero-order chi connectivity index (χ0) is 15.2. The van der Waals surface area contributed by atoms with E-state index in [9.17, 15) is 9.59 Å². The van der Waals surface area contributed by atoms with Crippen LogP contribution in [0.15, 0.2) is 54.6 Å². The fourth-order valence-electron chi connectivity index (χ4n) is 2.03. The summed E-state index contributed by atoms with van der Waals surface area (Å²) in [4.78, 5) is 23.9. The second-order valence-electron chi connectivity index (χ2n) is 4.82. The molecule has 4 heteroatoms. The van der Waals surface area contributed by atoms with E-state index in [4.69, 9.17) is 0 Å². The van der Waals surface area contributed by atoms with Crippen LogP contribution in [0.3, 0.4) is 0 Å². The smallest absolute Gasteiger partial charge is 0.218 e. The van der Waals surface area contributed by atoms with Gasteiger partial charge in [0.1, 0.15) is 0 Å². The molecule has 108 valence electrons. The molecule has 0 radical (unpaired) electrons. The van der Waals surface area contributed by atoms with Crippen molar-refractivity contribution < 1.29 is 9.59 Å². The van der Waals surface area contributed by atoms with Crippen LogP contribution in [0.4, 0.5) is 5.69 Å². The molecule has 0 aliphatic rings. The molecule has 1 atom stereocenters. The lowest BCUT2D eigenvalue weighted by molar-refractivity contribution is -0.119. The van der Waals surface area contributed by atoms with E-state index < -0.39 is 6.17 Å². The topological polar surface area (TPSA) is 58.2 Å². The standard InChI is InChI=1S/C17H18N2O2/c1-12-8-6-7-11-15(12)19-17(18-13(2)20)16(21)14-9-4-3-5-10-14/h3-11,17,19H,1-2H3,(H,18,20)/t17-/m1/s1. The quantitative estimate of drug-likeness (QED) is 0.655. The fourth-order valence-corrected chi connectivity index (χ4v) is 2.03. The van der Waals surface area contributed by atoms with E-state index in [0.717, 1.165) is 11.3 Å². The number of ketones is 1. The van der Waals surface area contributed by atoms with E-state index in [1.807, 2.05) is 37.3 Å². The van der Waals surface area contributed by atoms with E-state index in [1.165, 1.54) is 6.92 Å². The van der Waals surface area contributed by atoms with Crippen LogP contribution in [-0.4, -0.2) is 17.9 Å². The van der Waals surface area contributed by atoms with Gasteiger partial charge >= 0.3 is 0 Å². The lowest BCUT2D eigenvalue weighted by Crippen LogP contribution is -2.45. The Kier molecular flexibility index (Phi) is 4.72. The van der Waals surface area contributed by atoms with Crippen LogP contribution in [0.25, 0.3) is 0 Å². The van der Waals surface area contributed by atoms with Crippen molar-refractivity contribution >= 4 is 17.4 Å². The van der Waals surface area contributed by atoms with Gasteiger partial charge in [-0.3, -0.25) is 9.59 Å². The highest BCUT2D eigenvalue weighted by atomic mass is 16.2. The molecule has 0 aromatic heterocycles. The maximum Gasteiger partial charge on any atom is 0.218 e. The monoisotopic (exact) mass is 282 g/mol. The number of Topliss-reactive ketones (excluding diaryl/α,β-unsaturated/α-hetero) is 1. The first-order chi connectivity index (χ1) is 10.1. The Morgan fingerprint density at radius 3 is 2.19 bits per heavy atom. The minimum absolute atomic E-state index is 0.172. The number of hydrogen-bond donors (Lipinski definition) is 2. The molecule has 2 aromatic carbocycles. The number of benzene rings is 2. The van der Waals surface area contributed by atoms with Gasteiger partial charge in [0.25, 0.3) is 0 Å². The average molecular weight is 282 g/mol. The summed E-state index contributed by atoms with van der Waals surface area (Å²) in [5.41, 5.74) is 2.38. The van der Waals surface area contributed by atoms with Crippen molar-refractivity contribution in [2.24, 2.45) is 0 Å². The lowest BCUT2D eigenvalue weighted by atomic mass is 10.1. The van der Waals surface area contributed by atoms with E-state index in [1.54, 1.807) is 24.3 Å². The number of para-hydroxylation sites is 1. The van der Waals surface area contributed by atoms with Gasteiger partial charge in [0.2, 0.25) is 11.7 Å².